The number of ether oxygens (including phenoxy) is 1. The molecule has 5 nitrogen and oxygen atoms in total. The summed E-state index contributed by atoms with van der Waals surface area (Å²) < 4.78 is 6.02. The average Bonchev–Trinajstić information content (AvgIpc) is 2.60. The van der Waals surface area contributed by atoms with Gasteiger partial charge in [-0.05, 0) is 38.6 Å². The number of likely N-dealkylation sites (tertiary alicyclic amines) is 1. The summed E-state index contributed by atoms with van der Waals surface area (Å²) in [5.74, 6) is 1.62. The largest absolute Gasteiger partial charge is 0.377 e. The van der Waals surface area contributed by atoms with E-state index in [1.165, 1.54) is 51.7 Å². The number of halogens is 1. The summed E-state index contributed by atoms with van der Waals surface area (Å²) >= 11 is 0. The predicted molar refractivity (Wildman–Crippen MR) is 115 cm³/mol. The van der Waals surface area contributed by atoms with Crippen molar-refractivity contribution in [3.63, 3.8) is 0 Å². The van der Waals surface area contributed by atoms with Crippen molar-refractivity contribution in [1.29, 1.82) is 0 Å². The molecule has 3 atom stereocenters. The van der Waals surface area contributed by atoms with Crippen molar-refractivity contribution in [2.24, 2.45) is 16.3 Å². The van der Waals surface area contributed by atoms with E-state index in [-0.39, 0.29) is 29.4 Å². The van der Waals surface area contributed by atoms with Crippen LogP contribution in [0.4, 0.5) is 0 Å². The van der Waals surface area contributed by atoms with E-state index < -0.39 is 0 Å². The monoisotopic (exact) mass is 464 g/mol. The van der Waals surface area contributed by atoms with E-state index in [0.29, 0.717) is 24.1 Å². The van der Waals surface area contributed by atoms with E-state index in [1.807, 2.05) is 7.05 Å². The van der Waals surface area contributed by atoms with E-state index in [4.69, 9.17) is 4.74 Å². The first kappa shape index (κ1) is 21.2. The molecule has 1 aliphatic carbocycles. The van der Waals surface area contributed by atoms with E-state index >= 15 is 0 Å². The number of fused-ring (bicyclic) bond motifs is 1. The lowest BCUT2D eigenvalue weighted by atomic mass is 9.55. The number of guanidine groups is 1. The zero-order valence-electron chi connectivity index (χ0n) is 16.4. The van der Waals surface area contributed by atoms with Gasteiger partial charge in [0.2, 0.25) is 0 Å². The van der Waals surface area contributed by atoms with E-state index in [1.54, 1.807) is 0 Å². The van der Waals surface area contributed by atoms with Gasteiger partial charge in [0.25, 0.3) is 0 Å². The number of nitrogens with one attached hydrogen (secondary N) is 2. The van der Waals surface area contributed by atoms with Gasteiger partial charge in [-0.15, -0.1) is 24.0 Å². The number of rotatable bonds is 4. The number of piperidine rings is 1. The topological polar surface area (TPSA) is 48.9 Å². The molecule has 0 aromatic heterocycles. The molecule has 2 aliphatic heterocycles. The molecule has 0 bridgehead atoms. The summed E-state index contributed by atoms with van der Waals surface area (Å²) in [6.45, 7) is 11.5. The third kappa shape index (κ3) is 4.61. The predicted octanol–water partition coefficient (Wildman–Crippen LogP) is 2.85. The molecular weight excluding hydrogens is 427 g/mol. The maximum absolute atomic E-state index is 6.02. The summed E-state index contributed by atoms with van der Waals surface area (Å²) in [6, 6.07) is 1.01. The minimum atomic E-state index is 0. The smallest absolute Gasteiger partial charge is 0.191 e. The van der Waals surface area contributed by atoms with E-state index in [9.17, 15) is 0 Å². The molecule has 25 heavy (non-hydrogen) atoms. The minimum absolute atomic E-state index is 0. The van der Waals surface area contributed by atoms with Gasteiger partial charge in [-0.3, -0.25) is 4.99 Å². The molecule has 2 heterocycles. The first-order valence-electron chi connectivity index (χ1n) is 9.90. The van der Waals surface area contributed by atoms with Gasteiger partial charge in [-0.2, -0.15) is 0 Å². The molecule has 3 aliphatic rings. The first-order chi connectivity index (χ1) is 11.6. The molecular formula is C19H37IN4O. The normalized spacial score (nSPS) is 33.0. The lowest BCUT2D eigenvalue weighted by Gasteiger charge is -2.60. The third-order valence-corrected chi connectivity index (χ3v) is 6.32. The van der Waals surface area contributed by atoms with Gasteiger partial charge < -0.3 is 20.3 Å². The molecule has 2 N–H and O–H groups in total. The number of hydrogen-bond donors (Lipinski definition) is 2. The zero-order chi connectivity index (χ0) is 17.2. The van der Waals surface area contributed by atoms with Crippen molar-refractivity contribution < 1.29 is 4.74 Å². The molecule has 3 unspecified atom stereocenters. The summed E-state index contributed by atoms with van der Waals surface area (Å²) in [4.78, 5) is 7.08. The van der Waals surface area contributed by atoms with Gasteiger partial charge >= 0.3 is 0 Å². The van der Waals surface area contributed by atoms with Gasteiger partial charge in [0.1, 0.15) is 0 Å². The second-order valence-electron chi connectivity index (χ2n) is 8.37. The van der Waals surface area contributed by atoms with Gasteiger partial charge in [-0.25, -0.2) is 0 Å². The highest BCUT2D eigenvalue weighted by molar-refractivity contribution is 14.0. The van der Waals surface area contributed by atoms with Crippen molar-refractivity contribution >= 4 is 29.9 Å². The van der Waals surface area contributed by atoms with Crippen LogP contribution in [0.25, 0.3) is 0 Å². The van der Waals surface area contributed by atoms with Crippen LogP contribution < -0.4 is 10.6 Å². The van der Waals surface area contributed by atoms with Crippen molar-refractivity contribution in [2.45, 2.75) is 71.1 Å². The quantitative estimate of drug-likeness (QED) is 0.382. The number of hydrogen-bond acceptors (Lipinski definition) is 3. The van der Waals surface area contributed by atoms with Crippen LogP contribution in [0, 0.1) is 11.3 Å². The highest BCUT2D eigenvalue weighted by atomic mass is 127. The van der Waals surface area contributed by atoms with E-state index in [0.717, 1.165) is 12.6 Å². The van der Waals surface area contributed by atoms with Gasteiger partial charge in [0.05, 0.1) is 6.10 Å². The molecule has 0 spiro atoms. The molecule has 3 fully saturated rings. The molecule has 3 rings (SSSR count). The highest BCUT2D eigenvalue weighted by Gasteiger charge is 2.58. The zero-order valence-corrected chi connectivity index (χ0v) is 18.7. The fourth-order valence-electron chi connectivity index (χ4n) is 4.94. The van der Waals surface area contributed by atoms with Crippen molar-refractivity contribution in [3.8, 4) is 0 Å². The van der Waals surface area contributed by atoms with Gasteiger partial charge in [0, 0.05) is 50.2 Å². The Labute approximate surface area is 170 Å². The van der Waals surface area contributed by atoms with Crippen LogP contribution in [0.3, 0.4) is 0 Å². The molecule has 146 valence electrons. The van der Waals surface area contributed by atoms with E-state index in [2.05, 4.69) is 41.3 Å². The molecule has 2 saturated heterocycles. The summed E-state index contributed by atoms with van der Waals surface area (Å²) in [7, 11) is 1.89. The van der Waals surface area contributed by atoms with Crippen molar-refractivity contribution in [1.82, 2.24) is 15.5 Å². The van der Waals surface area contributed by atoms with Gasteiger partial charge in [-0.1, -0.05) is 20.8 Å². The fourth-order valence-corrected chi connectivity index (χ4v) is 4.94. The van der Waals surface area contributed by atoms with Crippen LogP contribution in [0.15, 0.2) is 4.99 Å². The number of nitrogens with zero attached hydrogens (tertiary/aromatic N) is 2. The third-order valence-electron chi connectivity index (χ3n) is 6.32. The Morgan fingerprint density at radius 1 is 1.20 bits per heavy atom. The molecule has 0 radical (unpaired) electrons. The fraction of sp³-hybridized carbons (Fsp3) is 0.947. The van der Waals surface area contributed by atoms with Crippen LogP contribution in [-0.2, 0) is 4.74 Å². The SMILES string of the molecule is CCCN1CCC(NC(=NC)NC2C3CCCOC3C2(C)C)CC1.I. The maximum Gasteiger partial charge on any atom is 0.191 e. The Morgan fingerprint density at radius 2 is 1.92 bits per heavy atom. The second-order valence-corrected chi connectivity index (χ2v) is 8.37. The molecule has 6 heteroatoms. The van der Waals surface area contributed by atoms with Crippen LogP contribution in [-0.4, -0.2) is 62.3 Å². The Morgan fingerprint density at radius 3 is 2.56 bits per heavy atom. The maximum atomic E-state index is 6.02. The Balaban J connectivity index is 0.00000225. The summed E-state index contributed by atoms with van der Waals surface area (Å²) in [5.41, 5.74) is 0.188. The molecule has 1 saturated carbocycles. The first-order valence-corrected chi connectivity index (χ1v) is 9.90. The summed E-state index contributed by atoms with van der Waals surface area (Å²) in [6.07, 6.45) is 6.56. The van der Waals surface area contributed by atoms with Crippen LogP contribution in [0.1, 0.15) is 52.9 Å². The summed E-state index contributed by atoms with van der Waals surface area (Å²) in [5, 5.41) is 7.39. The van der Waals surface area contributed by atoms with Crippen LogP contribution >= 0.6 is 24.0 Å². The lowest BCUT2D eigenvalue weighted by Crippen LogP contribution is -2.71. The highest BCUT2D eigenvalue weighted by Crippen LogP contribution is 2.51. The van der Waals surface area contributed by atoms with Crippen LogP contribution in [0.5, 0.6) is 0 Å². The minimum Gasteiger partial charge on any atom is -0.377 e. The van der Waals surface area contributed by atoms with Crippen molar-refractivity contribution in [2.75, 3.05) is 33.3 Å². The Bertz CT molecular complexity index is 449. The molecule has 0 aromatic carbocycles. The Hall–Kier alpha value is -0.0800. The standard InChI is InChI=1S/C19H36N4O.HI/c1-5-10-23-11-8-14(9-12-23)21-18(20-4)22-16-15-7-6-13-24-17(15)19(16,2)3;/h14-17H,5-13H2,1-4H3,(H2,20,21,22);1H. The lowest BCUT2D eigenvalue weighted by molar-refractivity contribution is -0.188. The number of aliphatic imine (C=N–C) groups is 1. The Kier molecular flexibility index (Phi) is 7.83. The van der Waals surface area contributed by atoms with Crippen LogP contribution in [0.2, 0.25) is 0 Å². The molecule has 0 aromatic rings. The average molecular weight is 464 g/mol. The molecule has 0 amide bonds. The van der Waals surface area contributed by atoms with Crippen molar-refractivity contribution in [3.05, 3.63) is 0 Å². The second kappa shape index (κ2) is 9.22. The van der Waals surface area contributed by atoms with Gasteiger partial charge in [0.15, 0.2) is 5.96 Å².